The van der Waals surface area contributed by atoms with E-state index in [-0.39, 0.29) is 5.91 Å². The molecule has 1 aliphatic rings. The predicted molar refractivity (Wildman–Crippen MR) is 85.6 cm³/mol. The highest BCUT2D eigenvalue weighted by Crippen LogP contribution is 2.25. The van der Waals surface area contributed by atoms with Crippen molar-refractivity contribution in [3.05, 3.63) is 40.8 Å². The zero-order valence-corrected chi connectivity index (χ0v) is 13.5. The monoisotopic (exact) mass is 293 g/mol. The Labute approximate surface area is 126 Å². The van der Waals surface area contributed by atoms with Crippen molar-refractivity contribution in [2.45, 2.75) is 40.2 Å². The van der Waals surface area contributed by atoms with Gasteiger partial charge < -0.3 is 4.74 Å². The van der Waals surface area contributed by atoms with Gasteiger partial charge in [0.2, 0.25) is 5.91 Å². The number of amides is 1. The molecule has 1 amide bonds. The largest absolute Gasteiger partial charge is 0.496 e. The maximum atomic E-state index is 11.7. The summed E-state index contributed by atoms with van der Waals surface area (Å²) in [5.74, 6) is 1.08. The van der Waals surface area contributed by atoms with Crippen LogP contribution in [0.2, 0.25) is 0 Å². The number of hydrogen-bond acceptors (Lipinski definition) is 3. The highest BCUT2D eigenvalue weighted by Gasteiger charge is 2.16. The van der Waals surface area contributed by atoms with Gasteiger partial charge in [-0.25, -0.2) is 0 Å². The van der Waals surface area contributed by atoms with Gasteiger partial charge in [0.1, 0.15) is 5.75 Å². The molecule has 0 atom stereocenters. The average Bonchev–Trinajstić information content (AvgIpc) is 2.51. The molecule has 1 aromatic rings. The lowest BCUT2D eigenvalue weighted by Gasteiger charge is -2.22. The molecule has 0 saturated carbocycles. The Morgan fingerprint density at radius 2 is 2.10 bits per heavy atom. The number of hydrogen-bond donors (Lipinski definition) is 0. The van der Waals surface area contributed by atoms with E-state index in [9.17, 15) is 4.79 Å². The predicted octanol–water partition coefficient (Wildman–Crippen LogP) is 4.18. The van der Waals surface area contributed by atoms with E-state index in [2.05, 4.69) is 13.0 Å². The molecule has 1 aliphatic heterocycles. The second kappa shape index (κ2) is 8.69. The first-order chi connectivity index (χ1) is 9.74. The van der Waals surface area contributed by atoms with Gasteiger partial charge in [-0.1, -0.05) is 39.0 Å². The number of methoxy groups -OCH3 is 1. The number of ether oxygens (including phenoxy) is 1. The van der Waals surface area contributed by atoms with Crippen molar-refractivity contribution in [1.29, 1.82) is 0 Å². The number of carbonyl (C=O) groups is 1. The standard InChI is InChI=1S/C14H17NO2S.C2H6/c1-3-12-9-11(6-7-13(12)17-2)10-15-14(16)5-4-8-18-15;1-2/h4,6-9H,3,5,10H2,1-2H3;1-2H3. The Hall–Kier alpha value is -1.42. The molecule has 2 rings (SSSR count). The molecule has 0 unspecified atom stereocenters. The summed E-state index contributed by atoms with van der Waals surface area (Å²) in [6.45, 7) is 6.75. The summed E-state index contributed by atoms with van der Waals surface area (Å²) in [4.78, 5) is 11.7. The minimum Gasteiger partial charge on any atom is -0.496 e. The van der Waals surface area contributed by atoms with Crippen LogP contribution in [0.25, 0.3) is 0 Å². The van der Waals surface area contributed by atoms with E-state index >= 15 is 0 Å². The van der Waals surface area contributed by atoms with Gasteiger partial charge in [0.05, 0.1) is 13.7 Å². The normalized spacial score (nSPS) is 13.8. The van der Waals surface area contributed by atoms with Crippen molar-refractivity contribution < 1.29 is 9.53 Å². The molecule has 0 spiro atoms. The topological polar surface area (TPSA) is 29.5 Å². The minimum atomic E-state index is 0.163. The fraction of sp³-hybridized carbons (Fsp3) is 0.438. The third-order valence-corrected chi connectivity index (χ3v) is 3.81. The summed E-state index contributed by atoms with van der Waals surface area (Å²) in [5, 5.41) is 1.96. The molecule has 0 radical (unpaired) electrons. The Bertz CT molecular complexity index is 472. The molecule has 4 heteroatoms. The first-order valence-electron chi connectivity index (χ1n) is 7.02. The van der Waals surface area contributed by atoms with E-state index in [0.29, 0.717) is 13.0 Å². The number of aryl methyl sites for hydroxylation is 1. The minimum absolute atomic E-state index is 0.163. The second-order valence-corrected chi connectivity index (χ2v) is 5.04. The van der Waals surface area contributed by atoms with E-state index in [1.54, 1.807) is 11.4 Å². The Balaban J connectivity index is 0.000000956. The molecule has 0 saturated heterocycles. The van der Waals surface area contributed by atoms with E-state index in [4.69, 9.17) is 4.74 Å². The second-order valence-electron chi connectivity index (χ2n) is 4.11. The molecular weight excluding hydrogens is 270 g/mol. The van der Waals surface area contributed by atoms with Crippen LogP contribution in [0.15, 0.2) is 29.7 Å². The highest BCUT2D eigenvalue weighted by molar-refractivity contribution is 8.00. The van der Waals surface area contributed by atoms with E-state index in [0.717, 1.165) is 17.7 Å². The van der Waals surface area contributed by atoms with Crippen LogP contribution in [0, 0.1) is 0 Å². The molecule has 0 aromatic heterocycles. The third kappa shape index (κ3) is 4.30. The number of benzene rings is 1. The Morgan fingerprint density at radius 3 is 2.70 bits per heavy atom. The summed E-state index contributed by atoms with van der Waals surface area (Å²) in [5.41, 5.74) is 2.32. The van der Waals surface area contributed by atoms with Crippen LogP contribution in [0.1, 0.15) is 38.3 Å². The number of nitrogens with zero attached hydrogens (tertiary/aromatic N) is 1. The molecular formula is C16H23NO2S. The maximum Gasteiger partial charge on any atom is 0.236 e. The smallest absolute Gasteiger partial charge is 0.236 e. The Kier molecular flexibility index (Phi) is 7.23. The molecule has 0 bridgehead atoms. The fourth-order valence-corrected chi connectivity index (χ4v) is 2.67. The first-order valence-corrected chi connectivity index (χ1v) is 7.86. The summed E-state index contributed by atoms with van der Waals surface area (Å²) in [6.07, 6.45) is 3.33. The average molecular weight is 293 g/mol. The van der Waals surface area contributed by atoms with Gasteiger partial charge in [0.25, 0.3) is 0 Å². The van der Waals surface area contributed by atoms with Crippen LogP contribution in [0.3, 0.4) is 0 Å². The third-order valence-electron chi connectivity index (χ3n) is 2.91. The zero-order chi connectivity index (χ0) is 15.0. The van der Waals surface area contributed by atoms with Gasteiger partial charge in [-0.15, -0.1) is 0 Å². The molecule has 0 N–H and O–H groups in total. The highest BCUT2D eigenvalue weighted by atomic mass is 32.2. The molecule has 1 aromatic carbocycles. The molecule has 0 aliphatic carbocycles. The van der Waals surface area contributed by atoms with Gasteiger partial charge in [-0.3, -0.25) is 9.10 Å². The van der Waals surface area contributed by atoms with E-state index < -0.39 is 0 Å². The van der Waals surface area contributed by atoms with Crippen molar-refractivity contribution in [2.24, 2.45) is 0 Å². The van der Waals surface area contributed by atoms with E-state index in [1.807, 2.05) is 37.5 Å². The van der Waals surface area contributed by atoms with Crippen LogP contribution in [0.4, 0.5) is 0 Å². The van der Waals surface area contributed by atoms with Gasteiger partial charge in [0, 0.05) is 6.42 Å². The van der Waals surface area contributed by atoms with Gasteiger partial charge >= 0.3 is 0 Å². The quantitative estimate of drug-likeness (QED) is 0.780. The van der Waals surface area contributed by atoms with Crippen molar-refractivity contribution in [3.8, 4) is 5.75 Å². The lowest BCUT2D eigenvalue weighted by atomic mass is 10.1. The van der Waals surface area contributed by atoms with Gasteiger partial charge in [0.15, 0.2) is 0 Å². The van der Waals surface area contributed by atoms with Crippen LogP contribution in [-0.2, 0) is 17.8 Å². The number of carbonyl (C=O) groups excluding carboxylic acids is 1. The lowest BCUT2D eigenvalue weighted by molar-refractivity contribution is -0.125. The van der Waals surface area contributed by atoms with E-state index in [1.165, 1.54) is 17.5 Å². The summed E-state index contributed by atoms with van der Waals surface area (Å²) in [7, 11) is 1.68. The molecule has 1 heterocycles. The first kappa shape index (κ1) is 16.6. The zero-order valence-electron chi connectivity index (χ0n) is 12.7. The van der Waals surface area contributed by atoms with Crippen molar-refractivity contribution in [1.82, 2.24) is 4.31 Å². The molecule has 110 valence electrons. The SMILES string of the molecule is CC.CCc1cc(CN2SC=CCC2=O)ccc1OC. The van der Waals surface area contributed by atoms with Crippen LogP contribution < -0.4 is 4.74 Å². The summed E-state index contributed by atoms with van der Waals surface area (Å²) in [6, 6.07) is 6.11. The van der Waals surface area contributed by atoms with Crippen molar-refractivity contribution >= 4 is 17.9 Å². The summed E-state index contributed by atoms with van der Waals surface area (Å²) >= 11 is 1.46. The molecule has 20 heavy (non-hydrogen) atoms. The van der Waals surface area contributed by atoms with Crippen LogP contribution in [-0.4, -0.2) is 17.3 Å². The van der Waals surface area contributed by atoms with Crippen molar-refractivity contribution in [2.75, 3.05) is 7.11 Å². The van der Waals surface area contributed by atoms with Gasteiger partial charge in [-0.2, -0.15) is 0 Å². The molecule has 3 nitrogen and oxygen atoms in total. The van der Waals surface area contributed by atoms with Crippen LogP contribution >= 0.6 is 11.9 Å². The molecule has 0 fully saturated rings. The summed E-state index contributed by atoms with van der Waals surface area (Å²) < 4.78 is 7.10. The van der Waals surface area contributed by atoms with Gasteiger partial charge in [-0.05, 0) is 41.0 Å². The maximum absolute atomic E-state index is 11.7. The Morgan fingerprint density at radius 1 is 1.35 bits per heavy atom. The van der Waals surface area contributed by atoms with Crippen molar-refractivity contribution in [3.63, 3.8) is 0 Å². The van der Waals surface area contributed by atoms with Crippen LogP contribution in [0.5, 0.6) is 5.75 Å². The number of rotatable bonds is 4. The fourth-order valence-electron chi connectivity index (χ4n) is 1.92. The lowest BCUT2D eigenvalue weighted by Crippen LogP contribution is -2.24.